The van der Waals surface area contributed by atoms with E-state index in [2.05, 4.69) is 19.2 Å². The molecule has 1 aliphatic rings. The molecule has 0 radical (unpaired) electrons. The summed E-state index contributed by atoms with van der Waals surface area (Å²) in [5.41, 5.74) is 0.957. The molecule has 1 aromatic carbocycles. The fraction of sp³-hybridized carbons (Fsp3) is 0.444. The van der Waals surface area contributed by atoms with Crippen LogP contribution in [-0.4, -0.2) is 18.6 Å². The third-order valence-electron chi connectivity index (χ3n) is 3.43. The zero-order valence-corrected chi connectivity index (χ0v) is 13.1. The van der Waals surface area contributed by atoms with E-state index in [1.807, 2.05) is 30.3 Å². The van der Waals surface area contributed by atoms with Crippen molar-refractivity contribution in [2.24, 2.45) is 5.92 Å². The van der Waals surface area contributed by atoms with Crippen LogP contribution in [-0.2, 0) is 4.79 Å². The van der Waals surface area contributed by atoms with Gasteiger partial charge < -0.3 is 10.1 Å². The van der Waals surface area contributed by atoms with Crippen molar-refractivity contribution in [3.8, 4) is 11.8 Å². The fourth-order valence-electron chi connectivity index (χ4n) is 1.88. The van der Waals surface area contributed by atoms with E-state index >= 15 is 0 Å². The molecule has 0 saturated heterocycles. The molecule has 4 heteroatoms. The lowest BCUT2D eigenvalue weighted by Crippen LogP contribution is -2.26. The SMILES string of the molecule is CC(C)CCOc1ccc(/C=C(\C#N)C(=O)NC2CC2)cc1. The van der Waals surface area contributed by atoms with Crippen LogP contribution in [0.4, 0.5) is 0 Å². The number of nitrogens with zero attached hydrogens (tertiary/aromatic N) is 1. The number of hydrogen-bond donors (Lipinski definition) is 1. The van der Waals surface area contributed by atoms with Gasteiger partial charge in [-0.1, -0.05) is 26.0 Å². The van der Waals surface area contributed by atoms with Crippen LogP contribution in [0.5, 0.6) is 5.75 Å². The highest BCUT2D eigenvalue weighted by Crippen LogP contribution is 2.20. The average molecular weight is 298 g/mol. The molecule has 0 aliphatic heterocycles. The first-order chi connectivity index (χ1) is 10.6. The first-order valence-electron chi connectivity index (χ1n) is 7.74. The topological polar surface area (TPSA) is 62.1 Å². The molecule has 0 spiro atoms. The van der Waals surface area contributed by atoms with Gasteiger partial charge in [-0.15, -0.1) is 0 Å². The number of carbonyl (C=O) groups excluding carboxylic acids is 1. The molecular formula is C18H22N2O2. The van der Waals surface area contributed by atoms with E-state index in [1.54, 1.807) is 6.08 Å². The highest BCUT2D eigenvalue weighted by Gasteiger charge is 2.24. The fourth-order valence-corrected chi connectivity index (χ4v) is 1.88. The Labute approximate surface area is 131 Å². The van der Waals surface area contributed by atoms with Crippen molar-refractivity contribution >= 4 is 12.0 Å². The van der Waals surface area contributed by atoms with Crippen LogP contribution >= 0.6 is 0 Å². The quantitative estimate of drug-likeness (QED) is 0.620. The molecule has 1 fully saturated rings. The molecule has 1 aliphatic carbocycles. The van der Waals surface area contributed by atoms with Crippen LogP contribution in [0.2, 0.25) is 0 Å². The van der Waals surface area contributed by atoms with Gasteiger partial charge in [-0.2, -0.15) is 5.26 Å². The van der Waals surface area contributed by atoms with E-state index in [0.29, 0.717) is 12.5 Å². The first kappa shape index (κ1) is 16.1. The van der Waals surface area contributed by atoms with Crippen molar-refractivity contribution in [2.45, 2.75) is 39.2 Å². The summed E-state index contributed by atoms with van der Waals surface area (Å²) in [6.07, 6.45) is 4.64. The van der Waals surface area contributed by atoms with Gasteiger partial charge in [0, 0.05) is 6.04 Å². The normalized spacial score (nSPS) is 14.5. The van der Waals surface area contributed by atoms with E-state index in [0.717, 1.165) is 30.6 Å². The molecule has 1 saturated carbocycles. The minimum atomic E-state index is -0.290. The highest BCUT2D eigenvalue weighted by atomic mass is 16.5. The zero-order chi connectivity index (χ0) is 15.9. The predicted molar refractivity (Wildman–Crippen MR) is 86.1 cm³/mol. The lowest BCUT2D eigenvalue weighted by Gasteiger charge is -2.08. The lowest BCUT2D eigenvalue weighted by atomic mass is 10.1. The van der Waals surface area contributed by atoms with Gasteiger partial charge in [0.05, 0.1) is 6.61 Å². The molecule has 1 aromatic rings. The van der Waals surface area contributed by atoms with Gasteiger partial charge in [-0.25, -0.2) is 0 Å². The standard InChI is InChI=1S/C18H22N2O2/c1-13(2)9-10-22-17-7-3-14(4-8-17)11-15(12-19)18(21)20-16-5-6-16/h3-4,7-8,11,13,16H,5-6,9-10H2,1-2H3,(H,20,21)/b15-11+. The molecule has 0 aromatic heterocycles. The molecule has 0 heterocycles. The summed E-state index contributed by atoms with van der Waals surface area (Å²) in [6, 6.07) is 9.64. The molecule has 1 N–H and O–H groups in total. The molecular weight excluding hydrogens is 276 g/mol. The summed E-state index contributed by atoms with van der Waals surface area (Å²) in [6.45, 7) is 5.01. The average Bonchev–Trinajstić information content (AvgIpc) is 3.29. The largest absolute Gasteiger partial charge is 0.494 e. The second kappa shape index (κ2) is 7.65. The Morgan fingerprint density at radius 3 is 2.64 bits per heavy atom. The summed E-state index contributed by atoms with van der Waals surface area (Å²) in [7, 11) is 0. The van der Waals surface area contributed by atoms with Crippen molar-refractivity contribution in [1.82, 2.24) is 5.32 Å². The van der Waals surface area contributed by atoms with Gasteiger partial charge >= 0.3 is 0 Å². The van der Waals surface area contributed by atoms with Gasteiger partial charge in [0.15, 0.2) is 0 Å². The minimum absolute atomic E-state index is 0.139. The molecule has 116 valence electrons. The second-order valence-electron chi connectivity index (χ2n) is 6.02. The minimum Gasteiger partial charge on any atom is -0.494 e. The van der Waals surface area contributed by atoms with Gasteiger partial charge in [-0.05, 0) is 49.0 Å². The van der Waals surface area contributed by atoms with Crippen molar-refractivity contribution < 1.29 is 9.53 Å². The predicted octanol–water partition coefficient (Wildman–Crippen LogP) is 3.30. The van der Waals surface area contributed by atoms with Crippen molar-refractivity contribution in [3.05, 3.63) is 35.4 Å². The Hall–Kier alpha value is -2.28. The van der Waals surface area contributed by atoms with E-state index in [9.17, 15) is 4.79 Å². The number of nitrogens with one attached hydrogen (secondary N) is 1. The number of nitriles is 1. The van der Waals surface area contributed by atoms with Crippen LogP contribution in [0.3, 0.4) is 0 Å². The van der Waals surface area contributed by atoms with Crippen LogP contribution < -0.4 is 10.1 Å². The van der Waals surface area contributed by atoms with E-state index in [-0.39, 0.29) is 17.5 Å². The molecule has 0 bridgehead atoms. The maximum absolute atomic E-state index is 11.9. The monoisotopic (exact) mass is 298 g/mol. The smallest absolute Gasteiger partial charge is 0.262 e. The number of ether oxygens (including phenoxy) is 1. The second-order valence-corrected chi connectivity index (χ2v) is 6.02. The Balaban J connectivity index is 1.94. The van der Waals surface area contributed by atoms with Gasteiger partial charge in [-0.3, -0.25) is 4.79 Å². The molecule has 1 amide bonds. The molecule has 22 heavy (non-hydrogen) atoms. The highest BCUT2D eigenvalue weighted by molar-refractivity contribution is 6.01. The van der Waals surface area contributed by atoms with E-state index in [4.69, 9.17) is 10.00 Å². The molecule has 0 atom stereocenters. The summed E-state index contributed by atoms with van der Waals surface area (Å²) in [4.78, 5) is 11.9. The van der Waals surface area contributed by atoms with Crippen LogP contribution in [0, 0.1) is 17.2 Å². The van der Waals surface area contributed by atoms with Crippen LogP contribution in [0.25, 0.3) is 6.08 Å². The maximum atomic E-state index is 11.9. The summed E-state index contributed by atoms with van der Waals surface area (Å²) >= 11 is 0. The molecule has 4 nitrogen and oxygen atoms in total. The van der Waals surface area contributed by atoms with Crippen molar-refractivity contribution in [3.63, 3.8) is 0 Å². The maximum Gasteiger partial charge on any atom is 0.262 e. The number of benzene rings is 1. The number of carbonyl (C=O) groups is 1. The third-order valence-corrected chi connectivity index (χ3v) is 3.43. The first-order valence-corrected chi connectivity index (χ1v) is 7.74. The van der Waals surface area contributed by atoms with E-state index < -0.39 is 0 Å². The summed E-state index contributed by atoms with van der Waals surface area (Å²) < 4.78 is 5.65. The Morgan fingerprint density at radius 1 is 1.41 bits per heavy atom. The Morgan fingerprint density at radius 2 is 2.09 bits per heavy atom. The van der Waals surface area contributed by atoms with Gasteiger partial charge in [0.2, 0.25) is 0 Å². The van der Waals surface area contributed by atoms with E-state index in [1.165, 1.54) is 0 Å². The number of rotatable bonds is 7. The van der Waals surface area contributed by atoms with Gasteiger partial charge in [0.25, 0.3) is 5.91 Å². The zero-order valence-electron chi connectivity index (χ0n) is 13.1. The number of hydrogen-bond acceptors (Lipinski definition) is 3. The molecule has 0 unspecified atom stereocenters. The Bertz CT molecular complexity index is 578. The van der Waals surface area contributed by atoms with Gasteiger partial charge in [0.1, 0.15) is 17.4 Å². The lowest BCUT2D eigenvalue weighted by molar-refractivity contribution is -0.117. The summed E-state index contributed by atoms with van der Waals surface area (Å²) in [5.74, 6) is 1.13. The summed E-state index contributed by atoms with van der Waals surface area (Å²) in [5, 5.41) is 11.9. The Kier molecular flexibility index (Phi) is 5.60. The van der Waals surface area contributed by atoms with Crippen molar-refractivity contribution in [1.29, 1.82) is 5.26 Å². The molecule has 2 rings (SSSR count). The van der Waals surface area contributed by atoms with Crippen LogP contribution in [0.1, 0.15) is 38.7 Å². The third kappa shape index (κ3) is 5.25. The number of amides is 1. The van der Waals surface area contributed by atoms with Crippen LogP contribution in [0.15, 0.2) is 29.8 Å². The van der Waals surface area contributed by atoms with Crippen molar-refractivity contribution in [2.75, 3.05) is 6.61 Å².